The molecule has 1 aromatic carbocycles. The van der Waals surface area contributed by atoms with Gasteiger partial charge in [0.2, 0.25) is 5.91 Å². The van der Waals surface area contributed by atoms with Crippen molar-refractivity contribution >= 4 is 37.5 Å². The predicted molar refractivity (Wildman–Crippen MR) is 151 cm³/mol. The van der Waals surface area contributed by atoms with E-state index < -0.39 is 32.2 Å². The summed E-state index contributed by atoms with van der Waals surface area (Å²) in [7, 11) is -2.87. The van der Waals surface area contributed by atoms with Crippen LogP contribution < -0.4 is 9.80 Å². The molecule has 1 unspecified atom stereocenters. The van der Waals surface area contributed by atoms with Crippen LogP contribution in [0.1, 0.15) is 37.9 Å². The number of hydrogen-bond acceptors (Lipinski definition) is 9. The highest BCUT2D eigenvalue weighted by atomic mass is 28.4. The fourth-order valence-electron chi connectivity index (χ4n) is 6.72. The Morgan fingerprint density at radius 1 is 1.34 bits per heavy atom. The van der Waals surface area contributed by atoms with E-state index in [9.17, 15) is 24.3 Å². The van der Waals surface area contributed by atoms with Gasteiger partial charge in [-0.05, 0) is 37.7 Å². The maximum atomic E-state index is 14.3. The van der Waals surface area contributed by atoms with Crippen LogP contribution in [0.4, 0.5) is 11.4 Å². The first-order valence-corrected chi connectivity index (χ1v) is 16.9. The number of benzene rings is 1. The quantitative estimate of drug-likeness (QED) is 0.185. The fraction of sp³-hybridized carbons (Fsp3) is 0.536. The molecule has 3 aliphatic rings. The number of aliphatic hydroxyl groups excluding tert-OH is 1. The van der Waals surface area contributed by atoms with E-state index >= 15 is 0 Å². The molecular formula is C28H37N5O7Si. The molecule has 5 atom stereocenters. The highest BCUT2D eigenvalue weighted by Crippen LogP contribution is 2.60. The second-order valence-corrected chi connectivity index (χ2v) is 15.5. The summed E-state index contributed by atoms with van der Waals surface area (Å²) < 4.78 is 13.8. The standard InChI is InChI=1S/C28H37N5O7Si/c1-6-11-32-22-8-7-20(33-24(36)15-25(33)39-18(3)35)14-21(22)28(27(32)37)17(2)26(41(4,5)38)23(40-28)9-12-31-16-19(10-13-34)29-30-31/h6-8,14,16-17,23,25-26,34,38H,1,9-13,15H2,2-5H3/t17-,23+,25?,26-,28+/m1/s1. The molecule has 3 aliphatic heterocycles. The van der Waals surface area contributed by atoms with Crippen LogP contribution in [-0.2, 0) is 42.4 Å². The number of ether oxygens (including phenoxy) is 2. The number of anilines is 2. The van der Waals surface area contributed by atoms with E-state index in [4.69, 9.17) is 9.47 Å². The van der Waals surface area contributed by atoms with E-state index in [1.54, 1.807) is 40.1 Å². The molecule has 0 aliphatic carbocycles. The van der Waals surface area contributed by atoms with Gasteiger partial charge in [0, 0.05) is 61.9 Å². The summed E-state index contributed by atoms with van der Waals surface area (Å²) in [5.74, 6) is -1.29. The molecule has 0 bridgehead atoms. The van der Waals surface area contributed by atoms with Gasteiger partial charge in [-0.1, -0.05) is 18.2 Å². The van der Waals surface area contributed by atoms with Crippen molar-refractivity contribution in [3.8, 4) is 0 Å². The largest absolute Gasteiger partial charge is 0.441 e. The molecule has 12 nitrogen and oxygen atoms in total. The van der Waals surface area contributed by atoms with Crippen molar-refractivity contribution in [3.05, 3.63) is 48.3 Å². The maximum absolute atomic E-state index is 14.3. The van der Waals surface area contributed by atoms with Crippen LogP contribution >= 0.6 is 0 Å². The Hall–Kier alpha value is -3.39. The van der Waals surface area contributed by atoms with Gasteiger partial charge in [-0.15, -0.1) is 11.7 Å². The van der Waals surface area contributed by atoms with Crippen molar-refractivity contribution < 1.29 is 33.8 Å². The number of nitrogens with zero attached hydrogens (tertiary/aromatic N) is 5. The number of esters is 1. The van der Waals surface area contributed by atoms with Gasteiger partial charge in [0.05, 0.1) is 23.9 Å². The highest BCUT2D eigenvalue weighted by Gasteiger charge is 2.66. The van der Waals surface area contributed by atoms with E-state index in [1.165, 1.54) is 11.8 Å². The van der Waals surface area contributed by atoms with Crippen molar-refractivity contribution in [1.29, 1.82) is 0 Å². The molecule has 220 valence electrons. The number of amides is 2. The van der Waals surface area contributed by atoms with Gasteiger partial charge in [-0.25, -0.2) is 0 Å². The minimum Gasteiger partial charge on any atom is -0.441 e. The highest BCUT2D eigenvalue weighted by molar-refractivity contribution is 6.71. The Labute approximate surface area is 239 Å². The molecule has 0 radical (unpaired) electrons. The molecule has 41 heavy (non-hydrogen) atoms. The molecule has 1 spiro atoms. The van der Waals surface area contributed by atoms with Gasteiger partial charge in [-0.2, -0.15) is 0 Å². The Bertz CT molecular complexity index is 1370. The third-order valence-corrected chi connectivity index (χ3v) is 10.9. The number of aliphatic hydroxyl groups is 1. The lowest BCUT2D eigenvalue weighted by Gasteiger charge is -2.39. The van der Waals surface area contributed by atoms with Crippen LogP contribution in [0.15, 0.2) is 37.1 Å². The third-order valence-electron chi connectivity index (χ3n) is 8.36. The number of fused-ring (bicyclic) bond motifs is 2. The minimum absolute atomic E-state index is 0.0216. The second kappa shape index (κ2) is 10.8. The molecule has 0 saturated carbocycles. The Kier molecular flexibility index (Phi) is 7.66. The van der Waals surface area contributed by atoms with E-state index in [-0.39, 0.29) is 42.8 Å². The number of β-lactam (4-membered cyclic amide) rings is 1. The van der Waals surface area contributed by atoms with Gasteiger partial charge in [0.25, 0.3) is 5.91 Å². The lowest BCUT2D eigenvalue weighted by atomic mass is 9.82. The number of hydrogen-bond donors (Lipinski definition) is 2. The minimum atomic E-state index is -2.87. The van der Waals surface area contributed by atoms with E-state index in [0.29, 0.717) is 42.0 Å². The average Bonchev–Trinajstić information content (AvgIpc) is 3.53. The zero-order valence-corrected chi connectivity index (χ0v) is 24.8. The lowest BCUT2D eigenvalue weighted by molar-refractivity contribution is -0.153. The summed E-state index contributed by atoms with van der Waals surface area (Å²) in [4.78, 5) is 53.0. The fourth-order valence-corrected chi connectivity index (χ4v) is 9.32. The van der Waals surface area contributed by atoms with Gasteiger partial charge in [-0.3, -0.25) is 24.0 Å². The van der Waals surface area contributed by atoms with Gasteiger partial charge < -0.3 is 24.3 Å². The monoisotopic (exact) mass is 583 g/mol. The molecule has 5 rings (SSSR count). The molecular weight excluding hydrogens is 546 g/mol. The van der Waals surface area contributed by atoms with Crippen molar-refractivity contribution in [3.63, 3.8) is 0 Å². The van der Waals surface area contributed by atoms with Gasteiger partial charge in [0.15, 0.2) is 20.1 Å². The normalized spacial score (nSPS) is 27.4. The summed E-state index contributed by atoms with van der Waals surface area (Å²) in [6.07, 6.45) is 3.25. The Balaban J connectivity index is 1.53. The van der Waals surface area contributed by atoms with Crippen molar-refractivity contribution in [2.24, 2.45) is 5.92 Å². The zero-order valence-electron chi connectivity index (χ0n) is 23.8. The smallest absolute Gasteiger partial charge is 0.304 e. The van der Waals surface area contributed by atoms with E-state index in [0.717, 1.165) is 0 Å². The zero-order chi connectivity index (χ0) is 29.7. The topological polar surface area (TPSA) is 147 Å². The third kappa shape index (κ3) is 4.90. The van der Waals surface area contributed by atoms with Gasteiger partial charge in [0.1, 0.15) is 0 Å². The first-order chi connectivity index (χ1) is 19.4. The SMILES string of the molecule is C=CCN1C(=O)[C@@]2(O[C@@H](CCn3cc(CCO)nn3)[C@H]([Si](C)(C)O)[C@H]2C)c2cc(N3C(=O)CC3OC(C)=O)ccc21. The van der Waals surface area contributed by atoms with Crippen LogP contribution in [0.25, 0.3) is 0 Å². The number of aryl methyl sites for hydroxylation is 1. The molecule has 1 aromatic heterocycles. The molecule has 2 fully saturated rings. The van der Waals surface area contributed by atoms with E-state index in [2.05, 4.69) is 16.9 Å². The van der Waals surface area contributed by atoms with Crippen LogP contribution in [0.5, 0.6) is 0 Å². The number of aromatic nitrogens is 3. The summed E-state index contributed by atoms with van der Waals surface area (Å²) >= 11 is 0. The summed E-state index contributed by atoms with van der Waals surface area (Å²) in [6, 6.07) is 5.31. The average molecular weight is 584 g/mol. The van der Waals surface area contributed by atoms with Crippen LogP contribution in [0.3, 0.4) is 0 Å². The molecule has 2 aromatic rings. The Morgan fingerprint density at radius 3 is 2.73 bits per heavy atom. The Morgan fingerprint density at radius 2 is 2.10 bits per heavy atom. The first kappa shape index (κ1) is 29.1. The van der Waals surface area contributed by atoms with Crippen molar-refractivity contribution in [2.45, 2.75) is 76.2 Å². The van der Waals surface area contributed by atoms with Crippen LogP contribution in [-0.4, -0.2) is 76.5 Å². The predicted octanol–water partition coefficient (Wildman–Crippen LogP) is 1.86. The summed E-state index contributed by atoms with van der Waals surface area (Å²) in [6.45, 7) is 11.5. The summed E-state index contributed by atoms with van der Waals surface area (Å²) in [5, 5.41) is 17.4. The van der Waals surface area contributed by atoms with Crippen LogP contribution in [0, 0.1) is 5.92 Å². The molecule has 2 amide bonds. The lowest BCUT2D eigenvalue weighted by Crippen LogP contribution is -2.55. The maximum Gasteiger partial charge on any atom is 0.304 e. The second-order valence-electron chi connectivity index (χ2n) is 11.5. The van der Waals surface area contributed by atoms with Crippen molar-refractivity contribution in [1.82, 2.24) is 15.0 Å². The van der Waals surface area contributed by atoms with Crippen molar-refractivity contribution in [2.75, 3.05) is 23.0 Å². The first-order valence-electron chi connectivity index (χ1n) is 13.9. The number of rotatable bonds is 10. The molecule has 2 saturated heterocycles. The molecule has 4 heterocycles. The molecule has 2 N–H and O–H groups in total. The summed E-state index contributed by atoms with van der Waals surface area (Å²) in [5.41, 5.74) is 0.793. The number of carbonyl (C=O) groups is 3. The molecule has 13 heteroatoms. The van der Waals surface area contributed by atoms with E-state index in [1.807, 2.05) is 20.0 Å². The van der Waals surface area contributed by atoms with Crippen LogP contribution in [0.2, 0.25) is 18.6 Å². The van der Waals surface area contributed by atoms with Gasteiger partial charge >= 0.3 is 5.97 Å². The number of carbonyl (C=O) groups excluding carboxylic acids is 3.